The third kappa shape index (κ3) is 3.47. The average molecular weight is 236 g/mol. The maximum Gasteiger partial charge on any atom is 0.122 e. The van der Waals surface area contributed by atoms with Crippen molar-refractivity contribution in [3.8, 4) is 5.75 Å². The molecule has 0 spiro atoms. The van der Waals surface area contributed by atoms with Gasteiger partial charge in [-0.2, -0.15) is 0 Å². The number of aliphatic hydroxyl groups is 1. The van der Waals surface area contributed by atoms with Crippen LogP contribution >= 0.6 is 0 Å². The van der Waals surface area contributed by atoms with Crippen LogP contribution in [0.25, 0.3) is 0 Å². The van der Waals surface area contributed by atoms with Gasteiger partial charge in [0.2, 0.25) is 0 Å². The van der Waals surface area contributed by atoms with E-state index in [2.05, 4.69) is 32.9 Å². The molecule has 0 bridgehead atoms. The SMILES string of the molecule is CCCC(CCO)c1cc(C)c(OC)cc1C. The lowest BCUT2D eigenvalue weighted by Gasteiger charge is -2.20. The molecule has 1 aromatic carbocycles. The Morgan fingerprint density at radius 2 is 1.88 bits per heavy atom. The minimum absolute atomic E-state index is 0.259. The molecular weight excluding hydrogens is 212 g/mol. The summed E-state index contributed by atoms with van der Waals surface area (Å²) in [5.41, 5.74) is 3.80. The molecule has 17 heavy (non-hydrogen) atoms. The Balaban J connectivity index is 3.05. The first-order valence-corrected chi connectivity index (χ1v) is 6.40. The zero-order valence-electron chi connectivity index (χ0n) is 11.4. The molecule has 0 fully saturated rings. The second-order valence-corrected chi connectivity index (χ2v) is 4.68. The Morgan fingerprint density at radius 1 is 1.18 bits per heavy atom. The predicted octanol–water partition coefficient (Wildman–Crippen LogP) is 3.58. The van der Waals surface area contributed by atoms with Gasteiger partial charge in [0.05, 0.1) is 7.11 Å². The molecule has 0 heterocycles. The molecule has 0 saturated carbocycles. The Hall–Kier alpha value is -1.02. The number of methoxy groups -OCH3 is 1. The second-order valence-electron chi connectivity index (χ2n) is 4.68. The molecule has 0 aliphatic rings. The molecule has 96 valence electrons. The molecule has 0 amide bonds. The number of rotatable bonds is 6. The molecule has 1 rings (SSSR count). The largest absolute Gasteiger partial charge is 0.496 e. The van der Waals surface area contributed by atoms with E-state index in [0.717, 1.165) is 25.0 Å². The lowest BCUT2D eigenvalue weighted by atomic mass is 9.87. The summed E-state index contributed by atoms with van der Waals surface area (Å²) in [6, 6.07) is 4.31. The molecule has 2 nitrogen and oxygen atoms in total. The fourth-order valence-corrected chi connectivity index (χ4v) is 2.43. The Bertz CT molecular complexity index is 352. The van der Waals surface area contributed by atoms with E-state index in [0.29, 0.717) is 5.92 Å². The zero-order chi connectivity index (χ0) is 12.8. The normalized spacial score (nSPS) is 12.5. The van der Waals surface area contributed by atoms with Gasteiger partial charge in [-0.1, -0.05) is 19.4 Å². The van der Waals surface area contributed by atoms with Gasteiger partial charge in [0.15, 0.2) is 0 Å². The van der Waals surface area contributed by atoms with Gasteiger partial charge in [-0.3, -0.25) is 0 Å². The standard InChI is InChI=1S/C15H24O2/c1-5-6-13(7-8-16)14-9-12(3)15(17-4)10-11(14)2/h9-10,13,16H,5-8H2,1-4H3. The van der Waals surface area contributed by atoms with E-state index >= 15 is 0 Å². The summed E-state index contributed by atoms with van der Waals surface area (Å²) in [5.74, 6) is 1.42. The third-order valence-electron chi connectivity index (χ3n) is 3.34. The van der Waals surface area contributed by atoms with Crippen molar-refractivity contribution in [2.24, 2.45) is 0 Å². The van der Waals surface area contributed by atoms with Crippen LogP contribution < -0.4 is 4.74 Å². The van der Waals surface area contributed by atoms with Crippen LogP contribution in [0.5, 0.6) is 5.75 Å². The zero-order valence-corrected chi connectivity index (χ0v) is 11.4. The number of ether oxygens (including phenoxy) is 1. The molecule has 1 N–H and O–H groups in total. The second kappa shape index (κ2) is 6.65. The summed E-state index contributed by atoms with van der Waals surface area (Å²) < 4.78 is 5.33. The molecule has 0 aliphatic heterocycles. The Labute approximate surface area is 105 Å². The van der Waals surface area contributed by atoms with Crippen LogP contribution in [0.3, 0.4) is 0 Å². The first-order chi connectivity index (χ1) is 8.13. The fraction of sp³-hybridized carbons (Fsp3) is 0.600. The first-order valence-electron chi connectivity index (χ1n) is 6.40. The molecule has 0 saturated heterocycles. The highest BCUT2D eigenvalue weighted by Gasteiger charge is 2.14. The van der Waals surface area contributed by atoms with Crippen LogP contribution in [-0.4, -0.2) is 18.8 Å². The predicted molar refractivity (Wildman–Crippen MR) is 71.8 cm³/mol. The minimum Gasteiger partial charge on any atom is -0.496 e. The van der Waals surface area contributed by atoms with Gasteiger partial charge in [0.25, 0.3) is 0 Å². The maximum atomic E-state index is 9.16. The first kappa shape index (κ1) is 14.0. The van der Waals surface area contributed by atoms with Gasteiger partial charge < -0.3 is 9.84 Å². The highest BCUT2D eigenvalue weighted by Crippen LogP contribution is 2.31. The molecule has 0 aliphatic carbocycles. The van der Waals surface area contributed by atoms with Crippen molar-refractivity contribution in [2.75, 3.05) is 13.7 Å². The van der Waals surface area contributed by atoms with Gasteiger partial charge in [-0.05, 0) is 55.4 Å². The van der Waals surface area contributed by atoms with Crippen LogP contribution in [0.4, 0.5) is 0 Å². The maximum absolute atomic E-state index is 9.16. The number of hydrogen-bond donors (Lipinski definition) is 1. The molecule has 1 unspecified atom stereocenters. The van der Waals surface area contributed by atoms with E-state index in [4.69, 9.17) is 9.84 Å². The summed E-state index contributed by atoms with van der Waals surface area (Å²) in [6.45, 7) is 6.65. The van der Waals surface area contributed by atoms with Gasteiger partial charge in [-0.15, -0.1) is 0 Å². The van der Waals surface area contributed by atoms with Crippen LogP contribution in [-0.2, 0) is 0 Å². The number of hydrogen-bond acceptors (Lipinski definition) is 2. The van der Waals surface area contributed by atoms with Crippen molar-refractivity contribution < 1.29 is 9.84 Å². The average Bonchev–Trinajstić information content (AvgIpc) is 2.31. The highest BCUT2D eigenvalue weighted by molar-refractivity contribution is 5.43. The summed E-state index contributed by atoms with van der Waals surface area (Å²) in [4.78, 5) is 0. The van der Waals surface area contributed by atoms with Crippen LogP contribution in [0.1, 0.15) is 48.8 Å². The van der Waals surface area contributed by atoms with E-state index in [1.165, 1.54) is 16.7 Å². The number of aliphatic hydroxyl groups excluding tert-OH is 1. The Morgan fingerprint density at radius 3 is 2.41 bits per heavy atom. The van der Waals surface area contributed by atoms with Crippen molar-refractivity contribution in [3.63, 3.8) is 0 Å². The van der Waals surface area contributed by atoms with Crippen molar-refractivity contribution in [1.29, 1.82) is 0 Å². The molecular formula is C15H24O2. The van der Waals surface area contributed by atoms with E-state index in [1.807, 2.05) is 0 Å². The monoisotopic (exact) mass is 236 g/mol. The summed E-state index contributed by atoms with van der Waals surface area (Å²) in [6.07, 6.45) is 3.13. The fourth-order valence-electron chi connectivity index (χ4n) is 2.43. The van der Waals surface area contributed by atoms with Crippen molar-refractivity contribution >= 4 is 0 Å². The Kier molecular flexibility index (Phi) is 5.49. The molecule has 0 radical (unpaired) electrons. The topological polar surface area (TPSA) is 29.5 Å². The van der Waals surface area contributed by atoms with E-state index in [-0.39, 0.29) is 6.61 Å². The third-order valence-corrected chi connectivity index (χ3v) is 3.34. The van der Waals surface area contributed by atoms with Crippen molar-refractivity contribution in [1.82, 2.24) is 0 Å². The summed E-state index contributed by atoms with van der Waals surface area (Å²) in [7, 11) is 1.71. The summed E-state index contributed by atoms with van der Waals surface area (Å²) in [5, 5.41) is 9.16. The minimum atomic E-state index is 0.259. The number of benzene rings is 1. The van der Waals surface area contributed by atoms with Crippen LogP contribution in [0.15, 0.2) is 12.1 Å². The number of aryl methyl sites for hydroxylation is 2. The van der Waals surface area contributed by atoms with Gasteiger partial charge in [-0.25, -0.2) is 0 Å². The van der Waals surface area contributed by atoms with Gasteiger partial charge in [0, 0.05) is 6.61 Å². The van der Waals surface area contributed by atoms with E-state index in [9.17, 15) is 0 Å². The lowest BCUT2D eigenvalue weighted by molar-refractivity contribution is 0.272. The van der Waals surface area contributed by atoms with Crippen LogP contribution in [0.2, 0.25) is 0 Å². The van der Waals surface area contributed by atoms with Crippen molar-refractivity contribution in [2.45, 2.75) is 46.0 Å². The van der Waals surface area contributed by atoms with E-state index < -0.39 is 0 Å². The molecule has 2 heteroatoms. The summed E-state index contributed by atoms with van der Waals surface area (Å²) >= 11 is 0. The highest BCUT2D eigenvalue weighted by atomic mass is 16.5. The molecule has 0 aromatic heterocycles. The van der Waals surface area contributed by atoms with Gasteiger partial charge >= 0.3 is 0 Å². The van der Waals surface area contributed by atoms with Crippen molar-refractivity contribution in [3.05, 3.63) is 28.8 Å². The molecule has 1 atom stereocenters. The quantitative estimate of drug-likeness (QED) is 0.818. The smallest absolute Gasteiger partial charge is 0.122 e. The van der Waals surface area contributed by atoms with Crippen LogP contribution in [0, 0.1) is 13.8 Å². The van der Waals surface area contributed by atoms with Gasteiger partial charge in [0.1, 0.15) is 5.75 Å². The molecule has 1 aromatic rings. The van der Waals surface area contributed by atoms with E-state index in [1.54, 1.807) is 7.11 Å². The lowest BCUT2D eigenvalue weighted by Crippen LogP contribution is -2.05.